The first-order valence-corrected chi connectivity index (χ1v) is 4.65. The predicted molar refractivity (Wildman–Crippen MR) is 50.2 cm³/mol. The standard InChI is InChI=1S/C6H10BrClS/c1-6(2,3)9-5(7)4-8/h4H,1-3H3/b5-4-. The van der Waals surface area contributed by atoms with Crippen LogP contribution in [0, 0.1) is 0 Å². The highest BCUT2D eigenvalue weighted by Gasteiger charge is 2.11. The predicted octanol–water partition coefficient (Wildman–Crippen LogP) is 3.95. The molecule has 0 nitrogen and oxygen atoms in total. The lowest BCUT2D eigenvalue weighted by Crippen LogP contribution is -2.05. The van der Waals surface area contributed by atoms with Crippen LogP contribution in [0.5, 0.6) is 0 Å². The van der Waals surface area contributed by atoms with E-state index in [2.05, 4.69) is 36.7 Å². The van der Waals surface area contributed by atoms with Gasteiger partial charge < -0.3 is 0 Å². The number of hydrogen-bond donors (Lipinski definition) is 0. The van der Waals surface area contributed by atoms with Gasteiger partial charge in [-0.25, -0.2) is 0 Å². The van der Waals surface area contributed by atoms with Gasteiger partial charge in [-0.05, 0) is 15.9 Å². The molecular weight excluding hydrogens is 219 g/mol. The quantitative estimate of drug-likeness (QED) is 0.656. The summed E-state index contributed by atoms with van der Waals surface area (Å²) < 4.78 is 1.22. The molecule has 0 aliphatic heterocycles. The summed E-state index contributed by atoms with van der Waals surface area (Å²) in [6.07, 6.45) is 0. The maximum atomic E-state index is 5.43. The van der Waals surface area contributed by atoms with Crippen LogP contribution in [0.4, 0.5) is 0 Å². The highest BCUT2D eigenvalue weighted by molar-refractivity contribution is 9.14. The van der Waals surface area contributed by atoms with Crippen molar-refractivity contribution in [2.75, 3.05) is 0 Å². The summed E-state index contributed by atoms with van der Waals surface area (Å²) in [5, 5.41) is 0. The maximum Gasteiger partial charge on any atom is 0.0621 e. The Hall–Kier alpha value is 0.860. The molecule has 0 radical (unpaired) electrons. The van der Waals surface area contributed by atoms with E-state index in [4.69, 9.17) is 11.6 Å². The molecule has 54 valence electrons. The van der Waals surface area contributed by atoms with E-state index in [1.54, 1.807) is 11.8 Å². The minimum atomic E-state index is 0.240. The van der Waals surface area contributed by atoms with Crippen LogP contribution < -0.4 is 0 Å². The highest BCUT2D eigenvalue weighted by Crippen LogP contribution is 2.34. The molecule has 0 aromatic carbocycles. The Morgan fingerprint density at radius 1 is 1.56 bits per heavy atom. The molecule has 0 aromatic rings. The molecule has 0 saturated heterocycles. The van der Waals surface area contributed by atoms with Crippen molar-refractivity contribution in [3.63, 3.8) is 0 Å². The second-order valence-corrected chi connectivity index (χ2v) is 6.09. The Morgan fingerprint density at radius 2 is 2.00 bits per heavy atom. The fraction of sp³-hybridized carbons (Fsp3) is 0.667. The first-order valence-electron chi connectivity index (χ1n) is 2.60. The number of thioether (sulfide) groups is 1. The van der Waals surface area contributed by atoms with Crippen molar-refractivity contribution in [2.24, 2.45) is 0 Å². The Labute approximate surface area is 74.2 Å². The van der Waals surface area contributed by atoms with Gasteiger partial charge in [-0.15, -0.1) is 11.8 Å². The molecule has 0 aliphatic carbocycles. The number of halogens is 2. The first-order chi connectivity index (χ1) is 3.95. The number of rotatable bonds is 1. The van der Waals surface area contributed by atoms with Crippen LogP contribution in [0.25, 0.3) is 0 Å². The summed E-state index contributed by atoms with van der Waals surface area (Å²) in [7, 11) is 0. The van der Waals surface area contributed by atoms with Crippen molar-refractivity contribution >= 4 is 39.3 Å². The van der Waals surface area contributed by atoms with Crippen LogP contribution in [-0.2, 0) is 0 Å². The Balaban J connectivity index is 3.75. The van der Waals surface area contributed by atoms with Gasteiger partial charge in [-0.2, -0.15) is 0 Å². The Kier molecular flexibility index (Phi) is 4.26. The van der Waals surface area contributed by atoms with Crippen molar-refractivity contribution in [3.05, 3.63) is 9.35 Å². The van der Waals surface area contributed by atoms with Crippen molar-refractivity contribution in [3.8, 4) is 0 Å². The highest BCUT2D eigenvalue weighted by atomic mass is 79.9. The fourth-order valence-corrected chi connectivity index (χ4v) is 2.53. The molecular formula is C6H10BrClS. The van der Waals surface area contributed by atoms with Crippen LogP contribution >= 0.6 is 39.3 Å². The largest absolute Gasteiger partial charge is 0.112 e. The summed E-state index contributed by atoms with van der Waals surface area (Å²) in [5.41, 5.74) is 1.54. The van der Waals surface area contributed by atoms with Gasteiger partial charge in [0, 0.05) is 10.3 Å². The summed E-state index contributed by atoms with van der Waals surface area (Å²) in [4.78, 5) is 0. The third-order valence-electron chi connectivity index (χ3n) is 0.489. The topological polar surface area (TPSA) is 0 Å². The molecule has 0 atom stereocenters. The van der Waals surface area contributed by atoms with E-state index in [1.807, 2.05) is 0 Å². The van der Waals surface area contributed by atoms with Gasteiger partial charge in [0.2, 0.25) is 0 Å². The number of hydrogen-bond acceptors (Lipinski definition) is 1. The molecule has 0 amide bonds. The molecule has 0 N–H and O–H groups in total. The van der Waals surface area contributed by atoms with Crippen molar-refractivity contribution in [2.45, 2.75) is 25.5 Å². The van der Waals surface area contributed by atoms with E-state index in [-0.39, 0.29) is 4.75 Å². The molecule has 0 bridgehead atoms. The van der Waals surface area contributed by atoms with Gasteiger partial charge >= 0.3 is 0 Å². The van der Waals surface area contributed by atoms with Gasteiger partial charge in [-0.3, -0.25) is 0 Å². The molecule has 0 spiro atoms. The van der Waals surface area contributed by atoms with Crippen LogP contribution in [-0.4, -0.2) is 4.75 Å². The fourth-order valence-electron chi connectivity index (χ4n) is 0.315. The monoisotopic (exact) mass is 228 g/mol. The third kappa shape index (κ3) is 6.75. The summed E-state index contributed by atoms with van der Waals surface area (Å²) in [6.45, 7) is 6.41. The summed E-state index contributed by atoms with van der Waals surface area (Å²) >= 11 is 10.4. The minimum Gasteiger partial charge on any atom is -0.112 e. The maximum absolute atomic E-state index is 5.43. The van der Waals surface area contributed by atoms with E-state index >= 15 is 0 Å². The Morgan fingerprint density at radius 3 is 2.11 bits per heavy atom. The molecule has 0 saturated carbocycles. The Bertz CT molecular complexity index is 115. The second-order valence-electron chi connectivity index (χ2n) is 2.63. The first kappa shape index (κ1) is 9.86. The molecule has 3 heteroatoms. The van der Waals surface area contributed by atoms with Crippen molar-refractivity contribution < 1.29 is 0 Å². The van der Waals surface area contributed by atoms with Crippen LogP contribution in [0.15, 0.2) is 9.35 Å². The van der Waals surface area contributed by atoms with Crippen LogP contribution in [0.2, 0.25) is 0 Å². The SMILES string of the molecule is CC(C)(C)S/C(Br)=C\Cl. The third-order valence-corrected chi connectivity index (χ3v) is 2.74. The zero-order valence-corrected chi connectivity index (χ0v) is 8.90. The average Bonchev–Trinajstić information content (AvgIpc) is 1.62. The van der Waals surface area contributed by atoms with Crippen molar-refractivity contribution in [1.29, 1.82) is 0 Å². The molecule has 0 aliphatic rings. The lowest BCUT2D eigenvalue weighted by molar-refractivity contribution is 0.807. The summed E-state index contributed by atoms with van der Waals surface area (Å²) in [5.74, 6) is 0. The molecule has 0 aromatic heterocycles. The van der Waals surface area contributed by atoms with Gasteiger partial charge in [0.15, 0.2) is 0 Å². The zero-order chi connectivity index (χ0) is 7.49. The van der Waals surface area contributed by atoms with Gasteiger partial charge in [0.25, 0.3) is 0 Å². The van der Waals surface area contributed by atoms with Gasteiger partial charge in [0.1, 0.15) is 0 Å². The normalized spacial score (nSPS) is 14.1. The smallest absolute Gasteiger partial charge is 0.0621 e. The molecule has 0 unspecified atom stereocenters. The van der Waals surface area contributed by atoms with E-state index in [0.717, 1.165) is 3.81 Å². The van der Waals surface area contributed by atoms with E-state index in [0.29, 0.717) is 0 Å². The van der Waals surface area contributed by atoms with Gasteiger partial charge in [-0.1, -0.05) is 32.4 Å². The van der Waals surface area contributed by atoms with Crippen molar-refractivity contribution in [1.82, 2.24) is 0 Å². The molecule has 0 fully saturated rings. The molecule has 0 rings (SSSR count). The summed E-state index contributed by atoms with van der Waals surface area (Å²) in [6, 6.07) is 0. The zero-order valence-electron chi connectivity index (χ0n) is 5.74. The lowest BCUT2D eigenvalue weighted by Gasteiger charge is -2.15. The minimum absolute atomic E-state index is 0.240. The van der Waals surface area contributed by atoms with Crippen LogP contribution in [0.1, 0.15) is 20.8 Å². The molecule has 9 heavy (non-hydrogen) atoms. The van der Waals surface area contributed by atoms with E-state index < -0.39 is 0 Å². The van der Waals surface area contributed by atoms with E-state index in [1.165, 1.54) is 5.54 Å². The lowest BCUT2D eigenvalue weighted by atomic mass is 10.3. The molecule has 0 heterocycles. The average molecular weight is 230 g/mol. The van der Waals surface area contributed by atoms with Crippen LogP contribution in [0.3, 0.4) is 0 Å². The van der Waals surface area contributed by atoms with E-state index in [9.17, 15) is 0 Å². The second kappa shape index (κ2) is 3.89. The van der Waals surface area contributed by atoms with Gasteiger partial charge in [0.05, 0.1) is 3.81 Å².